The highest BCUT2D eigenvalue weighted by atomic mass is 35.5. The maximum atomic E-state index is 13.7. The molecular formula is C25H20ClN3O6. The van der Waals surface area contributed by atoms with Gasteiger partial charge in [-0.1, -0.05) is 18.5 Å². The number of Topliss-reactive ketones (excluding diaryl/α,β-unsaturated/α-hetero) is 2. The van der Waals surface area contributed by atoms with Crippen molar-refractivity contribution in [2.24, 2.45) is 10.9 Å². The second-order valence-corrected chi connectivity index (χ2v) is 8.62. The van der Waals surface area contributed by atoms with Gasteiger partial charge < -0.3 is 19.3 Å². The smallest absolute Gasteiger partial charge is 0.231 e. The van der Waals surface area contributed by atoms with Crippen molar-refractivity contribution in [3.63, 3.8) is 0 Å². The highest BCUT2D eigenvalue weighted by Crippen LogP contribution is 2.54. The van der Waals surface area contributed by atoms with Crippen molar-refractivity contribution in [1.29, 1.82) is 0 Å². The molecule has 0 fully saturated rings. The van der Waals surface area contributed by atoms with Crippen LogP contribution in [0.3, 0.4) is 0 Å². The summed E-state index contributed by atoms with van der Waals surface area (Å²) < 4.78 is 16.7. The zero-order chi connectivity index (χ0) is 24.9. The van der Waals surface area contributed by atoms with Crippen LogP contribution in [0.25, 0.3) is 11.0 Å². The molecular weight excluding hydrogens is 474 g/mol. The fourth-order valence-corrected chi connectivity index (χ4v) is 4.75. The normalized spacial score (nSPS) is 21.7. The molecule has 35 heavy (non-hydrogen) atoms. The van der Waals surface area contributed by atoms with Gasteiger partial charge in [-0.2, -0.15) is 0 Å². The Morgan fingerprint density at radius 3 is 2.57 bits per heavy atom. The molecule has 1 aliphatic carbocycles. The molecule has 178 valence electrons. The van der Waals surface area contributed by atoms with Crippen LogP contribution in [0, 0.1) is 5.92 Å². The molecule has 1 aliphatic heterocycles. The van der Waals surface area contributed by atoms with Gasteiger partial charge in [0, 0.05) is 37.0 Å². The molecule has 0 amide bonds. The lowest BCUT2D eigenvalue weighted by Crippen LogP contribution is -2.52. The summed E-state index contributed by atoms with van der Waals surface area (Å²) in [6.07, 6.45) is 4.34. The molecule has 2 heterocycles. The van der Waals surface area contributed by atoms with E-state index in [1.54, 1.807) is 37.5 Å². The van der Waals surface area contributed by atoms with Crippen molar-refractivity contribution >= 4 is 46.1 Å². The van der Waals surface area contributed by atoms with Gasteiger partial charge in [0.05, 0.1) is 36.5 Å². The number of aliphatic hydroxyl groups is 1. The minimum atomic E-state index is -1.85. The number of rotatable bonds is 4. The summed E-state index contributed by atoms with van der Waals surface area (Å²) in [5, 5.41) is 11.4. The maximum Gasteiger partial charge on any atom is 0.231 e. The molecule has 1 aromatic heterocycles. The van der Waals surface area contributed by atoms with Crippen molar-refractivity contribution in [1.82, 2.24) is 9.97 Å². The van der Waals surface area contributed by atoms with Gasteiger partial charge >= 0.3 is 0 Å². The van der Waals surface area contributed by atoms with Crippen LogP contribution >= 0.6 is 11.6 Å². The Balaban J connectivity index is 1.61. The molecule has 0 saturated carbocycles. The zero-order valence-corrected chi connectivity index (χ0v) is 19.8. The molecule has 2 unspecified atom stereocenters. The summed E-state index contributed by atoms with van der Waals surface area (Å²) in [5.41, 5.74) is -0.0773. The first kappa shape index (κ1) is 22.8. The first-order chi connectivity index (χ1) is 16.8. The average molecular weight is 494 g/mol. The van der Waals surface area contributed by atoms with E-state index in [-0.39, 0.29) is 45.6 Å². The molecule has 1 N–H and O–H groups in total. The Bertz CT molecular complexity index is 1470. The Kier molecular flexibility index (Phi) is 5.44. The minimum Gasteiger partial charge on any atom is -0.507 e. The SMILES string of the molecule is COc1cc(OC)c2c(c1Cl)OC1(C2=O)C(O)=C(C=Nc2ccc3nccnc3c2)C(=O)CC1C. The summed E-state index contributed by atoms with van der Waals surface area (Å²) in [6, 6.07) is 6.64. The Labute approximate surface area is 205 Å². The Morgan fingerprint density at radius 1 is 1.14 bits per heavy atom. The second kappa shape index (κ2) is 8.35. The van der Waals surface area contributed by atoms with E-state index >= 15 is 0 Å². The van der Waals surface area contributed by atoms with Crippen molar-refractivity contribution in [3.8, 4) is 17.2 Å². The lowest BCUT2D eigenvalue weighted by Gasteiger charge is -2.36. The van der Waals surface area contributed by atoms with Crippen LogP contribution in [0.5, 0.6) is 17.2 Å². The molecule has 9 nitrogen and oxygen atoms in total. The first-order valence-corrected chi connectivity index (χ1v) is 11.1. The van der Waals surface area contributed by atoms with E-state index in [0.29, 0.717) is 16.7 Å². The standard InChI is InChI=1S/C25H20ClN3O6/c1-12-8-17(30)14(11-29-13-4-5-15-16(9-13)28-7-6-27-15)23(31)25(12)24(32)20-18(33-2)10-19(34-3)21(26)22(20)35-25/h4-7,9-12,31H,8H2,1-3H3. The Hall–Kier alpha value is -3.98. The number of halogens is 1. The van der Waals surface area contributed by atoms with Gasteiger partial charge in [-0.3, -0.25) is 24.5 Å². The molecule has 1 spiro atoms. The fourth-order valence-electron chi connectivity index (χ4n) is 4.48. The number of hydrogen-bond acceptors (Lipinski definition) is 9. The second-order valence-electron chi connectivity index (χ2n) is 8.24. The van der Waals surface area contributed by atoms with Gasteiger partial charge in [-0.25, -0.2) is 0 Å². The van der Waals surface area contributed by atoms with Crippen LogP contribution in [0.4, 0.5) is 5.69 Å². The number of methoxy groups -OCH3 is 2. The highest BCUT2D eigenvalue weighted by Gasteiger charge is 2.60. The van der Waals surface area contributed by atoms with Crippen molar-refractivity contribution < 1.29 is 28.9 Å². The van der Waals surface area contributed by atoms with E-state index < -0.39 is 23.1 Å². The van der Waals surface area contributed by atoms with Gasteiger partial charge in [0.1, 0.15) is 22.1 Å². The summed E-state index contributed by atoms with van der Waals surface area (Å²) >= 11 is 6.44. The molecule has 2 aromatic carbocycles. The number of allylic oxidation sites excluding steroid dienone is 1. The number of aliphatic imine (C=N–C) groups is 1. The Morgan fingerprint density at radius 2 is 1.86 bits per heavy atom. The third kappa shape index (κ3) is 3.34. The number of carbonyl (C=O) groups excluding carboxylic acids is 2. The summed E-state index contributed by atoms with van der Waals surface area (Å²) in [6.45, 7) is 1.66. The number of ketones is 2. The average Bonchev–Trinajstić information content (AvgIpc) is 3.18. The predicted octanol–water partition coefficient (Wildman–Crippen LogP) is 4.44. The lowest BCUT2D eigenvalue weighted by atomic mass is 9.73. The number of benzene rings is 2. The van der Waals surface area contributed by atoms with Crippen LogP contribution in [0.2, 0.25) is 5.02 Å². The quantitative estimate of drug-likeness (QED) is 0.530. The van der Waals surface area contributed by atoms with Gasteiger partial charge in [0.2, 0.25) is 11.4 Å². The predicted molar refractivity (Wildman–Crippen MR) is 128 cm³/mol. The number of nitrogens with zero attached hydrogens (tertiary/aromatic N) is 3. The monoisotopic (exact) mass is 493 g/mol. The fraction of sp³-hybridized carbons (Fsp3) is 0.240. The van der Waals surface area contributed by atoms with E-state index in [0.717, 1.165) is 0 Å². The number of aliphatic hydroxyl groups excluding tert-OH is 1. The van der Waals surface area contributed by atoms with Gasteiger partial charge in [0.15, 0.2) is 17.3 Å². The summed E-state index contributed by atoms with van der Waals surface area (Å²) in [5.74, 6) is -1.67. The van der Waals surface area contributed by atoms with Crippen LogP contribution < -0.4 is 14.2 Å². The minimum absolute atomic E-state index is 0.0324. The van der Waals surface area contributed by atoms with Crippen molar-refractivity contribution in [3.05, 3.63) is 58.6 Å². The number of carbonyl (C=O) groups is 2. The van der Waals surface area contributed by atoms with Gasteiger partial charge in [-0.05, 0) is 18.2 Å². The van der Waals surface area contributed by atoms with Crippen LogP contribution in [-0.4, -0.2) is 52.7 Å². The number of aromatic nitrogens is 2. The zero-order valence-electron chi connectivity index (χ0n) is 19.0. The number of ether oxygens (including phenoxy) is 3. The maximum absolute atomic E-state index is 13.7. The number of fused-ring (bicyclic) bond motifs is 2. The molecule has 0 saturated heterocycles. The van der Waals surface area contributed by atoms with E-state index in [2.05, 4.69) is 15.0 Å². The van der Waals surface area contributed by atoms with E-state index in [4.69, 9.17) is 25.8 Å². The van der Waals surface area contributed by atoms with Gasteiger partial charge in [0.25, 0.3) is 0 Å². The number of hydrogen-bond donors (Lipinski definition) is 1. The third-order valence-electron chi connectivity index (χ3n) is 6.31. The third-order valence-corrected chi connectivity index (χ3v) is 6.67. The summed E-state index contributed by atoms with van der Waals surface area (Å²) in [7, 11) is 2.82. The molecule has 0 bridgehead atoms. The summed E-state index contributed by atoms with van der Waals surface area (Å²) in [4.78, 5) is 39.4. The van der Waals surface area contributed by atoms with Crippen molar-refractivity contribution in [2.75, 3.05) is 14.2 Å². The van der Waals surface area contributed by atoms with E-state index in [9.17, 15) is 14.7 Å². The lowest BCUT2D eigenvalue weighted by molar-refractivity contribution is -0.118. The van der Waals surface area contributed by atoms with Crippen LogP contribution in [0.1, 0.15) is 23.7 Å². The highest BCUT2D eigenvalue weighted by molar-refractivity contribution is 6.35. The molecule has 2 atom stereocenters. The van der Waals surface area contributed by atoms with Crippen LogP contribution in [-0.2, 0) is 4.79 Å². The van der Waals surface area contributed by atoms with Crippen LogP contribution in [0.15, 0.2) is 53.0 Å². The molecule has 10 heteroatoms. The van der Waals surface area contributed by atoms with E-state index in [1.165, 1.54) is 26.5 Å². The molecule has 5 rings (SSSR count). The first-order valence-electron chi connectivity index (χ1n) is 10.7. The molecule has 0 radical (unpaired) electrons. The van der Waals surface area contributed by atoms with Gasteiger partial charge in [-0.15, -0.1) is 0 Å². The molecule has 2 aliphatic rings. The van der Waals surface area contributed by atoms with Crippen molar-refractivity contribution in [2.45, 2.75) is 18.9 Å². The van der Waals surface area contributed by atoms with E-state index in [1.807, 2.05) is 0 Å². The largest absolute Gasteiger partial charge is 0.507 e. The topological polar surface area (TPSA) is 120 Å². The molecule has 3 aromatic rings.